The number of halogens is 2. The van der Waals surface area contributed by atoms with E-state index in [-0.39, 0.29) is 17.3 Å². The molecule has 2 aromatic carbocycles. The Bertz CT molecular complexity index is 975. The fourth-order valence-electron chi connectivity index (χ4n) is 2.31. The molecule has 0 saturated heterocycles. The van der Waals surface area contributed by atoms with Gasteiger partial charge >= 0.3 is 5.69 Å². The number of rotatable bonds is 4. The highest BCUT2D eigenvalue weighted by atomic mass is 127. The second-order valence-electron chi connectivity index (χ2n) is 5.25. The van der Waals surface area contributed by atoms with Crippen molar-refractivity contribution in [1.82, 2.24) is 15.2 Å². The number of nitro groups is 1. The van der Waals surface area contributed by atoms with Gasteiger partial charge in [0.2, 0.25) is 11.8 Å². The molecule has 0 unspecified atom stereocenters. The molecule has 8 nitrogen and oxygen atoms in total. The second kappa shape index (κ2) is 6.63. The van der Waals surface area contributed by atoms with E-state index in [0.717, 1.165) is 27.0 Å². The number of aromatic nitrogens is 3. The number of hydrogen-bond acceptors (Lipinski definition) is 6. The van der Waals surface area contributed by atoms with Crippen LogP contribution in [0.3, 0.4) is 0 Å². The van der Waals surface area contributed by atoms with Gasteiger partial charge in [0.1, 0.15) is 0 Å². The van der Waals surface area contributed by atoms with Crippen LogP contribution < -0.4 is 11.1 Å². The van der Waals surface area contributed by atoms with E-state index in [0.29, 0.717) is 5.69 Å². The van der Waals surface area contributed by atoms with Crippen molar-refractivity contribution in [2.45, 2.75) is 6.92 Å². The molecule has 0 saturated carbocycles. The summed E-state index contributed by atoms with van der Waals surface area (Å²) in [6, 6.07) is 7.85. The molecule has 128 valence electrons. The molecule has 0 fully saturated rings. The lowest BCUT2D eigenvalue weighted by atomic mass is 10.1. The number of nitro benzene ring substituents is 1. The number of aryl methyl sites for hydroxylation is 1. The summed E-state index contributed by atoms with van der Waals surface area (Å²) in [4.78, 5) is 12.9. The molecule has 0 spiro atoms. The smallest absolute Gasteiger partial charge is 0.305 e. The van der Waals surface area contributed by atoms with Crippen LogP contribution in [0.5, 0.6) is 0 Å². The Morgan fingerprint density at radius 3 is 2.64 bits per heavy atom. The molecule has 0 amide bonds. The average molecular weight is 454 g/mol. The van der Waals surface area contributed by atoms with E-state index >= 15 is 0 Å². The van der Waals surface area contributed by atoms with E-state index in [1.807, 2.05) is 25.1 Å². The van der Waals surface area contributed by atoms with Crippen LogP contribution in [0.4, 0.5) is 27.4 Å². The van der Waals surface area contributed by atoms with E-state index in [1.54, 1.807) is 0 Å². The summed E-state index contributed by atoms with van der Waals surface area (Å²) in [6.45, 7) is 1.90. The number of nitrogens with two attached hydrogens (primary N) is 1. The summed E-state index contributed by atoms with van der Waals surface area (Å²) in [5.41, 5.74) is 7.14. The fraction of sp³-hybridized carbons (Fsp3) is 0.0667. The monoisotopic (exact) mass is 454 g/mol. The van der Waals surface area contributed by atoms with Gasteiger partial charge in [-0.05, 0) is 53.3 Å². The van der Waals surface area contributed by atoms with Crippen LogP contribution in [0.25, 0.3) is 11.4 Å². The summed E-state index contributed by atoms with van der Waals surface area (Å²) in [5.74, 6) is -0.698. The minimum absolute atomic E-state index is 0.0540. The zero-order valence-electron chi connectivity index (χ0n) is 12.9. The lowest BCUT2D eigenvalue weighted by Gasteiger charge is -2.13. The van der Waals surface area contributed by atoms with Gasteiger partial charge in [0.25, 0.3) is 0 Å². The van der Waals surface area contributed by atoms with E-state index < -0.39 is 16.4 Å². The molecule has 0 radical (unpaired) electrons. The van der Waals surface area contributed by atoms with Crippen molar-refractivity contribution < 1.29 is 9.31 Å². The third kappa shape index (κ3) is 3.52. The summed E-state index contributed by atoms with van der Waals surface area (Å²) in [5, 5.41) is 21.6. The van der Waals surface area contributed by atoms with Crippen LogP contribution in [0.2, 0.25) is 0 Å². The molecule has 3 aromatic rings. The lowest BCUT2D eigenvalue weighted by molar-refractivity contribution is -0.387. The van der Waals surface area contributed by atoms with Crippen LogP contribution in [0, 0.1) is 26.4 Å². The Kier molecular flexibility index (Phi) is 4.53. The zero-order chi connectivity index (χ0) is 18.1. The first-order chi connectivity index (χ1) is 11.8. The molecule has 1 heterocycles. The molecule has 0 aliphatic carbocycles. The second-order valence-corrected chi connectivity index (χ2v) is 6.50. The number of H-pyrrole nitrogens is 1. The van der Waals surface area contributed by atoms with Crippen LogP contribution >= 0.6 is 22.6 Å². The van der Waals surface area contributed by atoms with Crippen molar-refractivity contribution in [3.63, 3.8) is 0 Å². The molecule has 0 aliphatic heterocycles. The molecule has 3 rings (SSSR count). The number of hydrogen-bond donors (Lipinski definition) is 3. The Balaban J connectivity index is 2.14. The Morgan fingerprint density at radius 2 is 2.04 bits per heavy atom. The Labute approximate surface area is 154 Å². The molecule has 0 aliphatic rings. The highest BCUT2D eigenvalue weighted by Gasteiger charge is 2.21. The molecule has 0 bridgehead atoms. The van der Waals surface area contributed by atoms with Crippen LogP contribution in [0.1, 0.15) is 5.56 Å². The van der Waals surface area contributed by atoms with Crippen molar-refractivity contribution in [2.24, 2.45) is 0 Å². The molecule has 1 aromatic heterocycles. The Morgan fingerprint density at radius 1 is 1.28 bits per heavy atom. The topological polar surface area (TPSA) is 123 Å². The van der Waals surface area contributed by atoms with Crippen molar-refractivity contribution >= 4 is 45.6 Å². The van der Waals surface area contributed by atoms with Gasteiger partial charge in [-0.15, -0.1) is 10.2 Å². The van der Waals surface area contributed by atoms with Crippen molar-refractivity contribution in [3.8, 4) is 11.4 Å². The number of nitrogens with one attached hydrogen (secondary N) is 2. The number of aromatic amines is 1. The Hall–Kier alpha value is -2.76. The van der Waals surface area contributed by atoms with Gasteiger partial charge in [0.05, 0.1) is 10.6 Å². The van der Waals surface area contributed by atoms with Gasteiger partial charge in [0, 0.05) is 27.0 Å². The number of nitrogen functional groups attached to an aromatic ring is 1. The first-order valence-electron chi connectivity index (χ1n) is 7.05. The van der Waals surface area contributed by atoms with Crippen LogP contribution in [-0.4, -0.2) is 20.1 Å². The van der Waals surface area contributed by atoms with E-state index in [2.05, 4.69) is 43.1 Å². The van der Waals surface area contributed by atoms with Crippen molar-refractivity contribution in [1.29, 1.82) is 0 Å². The van der Waals surface area contributed by atoms with Gasteiger partial charge in [-0.3, -0.25) is 10.1 Å². The molecular formula is C15H12FIN6O2. The van der Waals surface area contributed by atoms with Gasteiger partial charge < -0.3 is 16.0 Å². The lowest BCUT2D eigenvalue weighted by Crippen LogP contribution is -2.01. The number of anilines is 3. The van der Waals surface area contributed by atoms with Crippen LogP contribution in [-0.2, 0) is 0 Å². The molecule has 0 atom stereocenters. The van der Waals surface area contributed by atoms with Crippen molar-refractivity contribution in [3.05, 3.63) is 55.4 Å². The van der Waals surface area contributed by atoms with E-state index in [9.17, 15) is 14.5 Å². The predicted molar refractivity (Wildman–Crippen MR) is 100 cm³/mol. The van der Waals surface area contributed by atoms with E-state index in [4.69, 9.17) is 5.73 Å². The summed E-state index contributed by atoms with van der Waals surface area (Å²) < 4.78 is 15.2. The van der Waals surface area contributed by atoms with Crippen molar-refractivity contribution in [2.75, 3.05) is 11.1 Å². The maximum atomic E-state index is 14.1. The standard InChI is InChI=1S/C15H12FIN6O2/c1-7-4-8(17)2-3-11(7)19-12-6-10(16)13(23(24)25)5-9(12)14-20-15(18)22-21-14/h2-6,19H,1H3,(H3,18,20,21,22). The first-order valence-corrected chi connectivity index (χ1v) is 8.12. The predicted octanol–water partition coefficient (Wildman–Crippen LogP) is 3.76. The van der Waals surface area contributed by atoms with Crippen LogP contribution in [0.15, 0.2) is 30.3 Å². The highest BCUT2D eigenvalue weighted by Crippen LogP contribution is 2.35. The summed E-state index contributed by atoms with van der Waals surface area (Å²) in [6.07, 6.45) is 0. The SMILES string of the molecule is Cc1cc(I)ccc1Nc1cc(F)c([N+](=O)[O-])cc1-c1nnc(N)[nH]1. The average Bonchev–Trinajstić information content (AvgIpc) is 2.96. The number of nitrogens with zero attached hydrogens (tertiary/aromatic N) is 3. The molecular weight excluding hydrogens is 442 g/mol. The molecule has 4 N–H and O–H groups in total. The minimum atomic E-state index is -0.952. The highest BCUT2D eigenvalue weighted by molar-refractivity contribution is 14.1. The third-order valence-corrected chi connectivity index (χ3v) is 4.17. The maximum absolute atomic E-state index is 14.1. The van der Waals surface area contributed by atoms with Gasteiger partial charge in [-0.1, -0.05) is 0 Å². The maximum Gasteiger partial charge on any atom is 0.305 e. The third-order valence-electron chi connectivity index (χ3n) is 3.50. The normalized spacial score (nSPS) is 10.7. The zero-order valence-corrected chi connectivity index (χ0v) is 15.0. The van der Waals surface area contributed by atoms with E-state index in [1.165, 1.54) is 0 Å². The van der Waals surface area contributed by atoms with Gasteiger partial charge in [-0.25, -0.2) is 0 Å². The fourth-order valence-corrected chi connectivity index (χ4v) is 2.96. The first kappa shape index (κ1) is 17.1. The summed E-state index contributed by atoms with van der Waals surface area (Å²) in [7, 11) is 0. The molecule has 25 heavy (non-hydrogen) atoms. The largest absolute Gasteiger partial charge is 0.368 e. The quantitative estimate of drug-likeness (QED) is 0.314. The number of benzene rings is 2. The minimum Gasteiger partial charge on any atom is -0.368 e. The summed E-state index contributed by atoms with van der Waals surface area (Å²) >= 11 is 2.19. The van der Waals surface area contributed by atoms with Gasteiger partial charge in [0.15, 0.2) is 5.82 Å². The van der Waals surface area contributed by atoms with Gasteiger partial charge in [-0.2, -0.15) is 4.39 Å². The molecule has 10 heteroatoms.